The van der Waals surface area contributed by atoms with Gasteiger partial charge in [-0.05, 0) is 12.3 Å². The number of alkyl halides is 7. The van der Waals surface area contributed by atoms with E-state index in [0.29, 0.717) is 0 Å². The second-order valence-corrected chi connectivity index (χ2v) is 5.03. The molecule has 1 heterocycles. The number of esters is 1. The zero-order valence-electron chi connectivity index (χ0n) is 10.5. The number of nitrogens with zero attached hydrogens (tertiary/aromatic N) is 1. The van der Waals surface area contributed by atoms with E-state index in [2.05, 4.69) is 4.74 Å². The molecule has 1 atom stereocenters. The van der Waals surface area contributed by atoms with Crippen LogP contribution in [0.5, 0.6) is 0 Å². The van der Waals surface area contributed by atoms with Crippen molar-refractivity contribution in [3.05, 3.63) is 0 Å². The fraction of sp³-hybridized carbons (Fsp3) is 0.900. The van der Waals surface area contributed by atoms with Crippen molar-refractivity contribution >= 4 is 17.6 Å². The molecule has 0 unspecified atom stereocenters. The lowest BCUT2D eigenvalue weighted by Gasteiger charge is -2.38. The lowest BCUT2D eigenvalue weighted by atomic mass is 10.0. The van der Waals surface area contributed by atoms with Crippen molar-refractivity contribution in [2.24, 2.45) is 5.92 Å². The highest BCUT2D eigenvalue weighted by atomic mass is 35.5. The van der Waals surface area contributed by atoms with Gasteiger partial charge in [-0.2, -0.15) is 26.3 Å². The van der Waals surface area contributed by atoms with Crippen LogP contribution < -0.4 is 0 Å². The molecule has 0 aromatic carbocycles. The quantitative estimate of drug-likeness (QED) is 0.345. The predicted molar refractivity (Wildman–Crippen MR) is 56.7 cm³/mol. The van der Waals surface area contributed by atoms with E-state index in [1.807, 2.05) is 0 Å². The second kappa shape index (κ2) is 5.25. The van der Waals surface area contributed by atoms with E-state index >= 15 is 0 Å². The lowest BCUT2D eigenvalue weighted by Crippen LogP contribution is -2.66. The fourth-order valence-corrected chi connectivity index (χ4v) is 2.39. The molecule has 0 aromatic rings. The molecule has 0 aliphatic carbocycles. The van der Waals surface area contributed by atoms with Crippen molar-refractivity contribution in [2.75, 3.05) is 6.00 Å². The molecule has 1 saturated heterocycles. The Morgan fingerprint density at radius 3 is 2.00 bits per heavy atom. The van der Waals surface area contributed by atoms with Crippen LogP contribution in [0.3, 0.4) is 0 Å². The van der Waals surface area contributed by atoms with Crippen molar-refractivity contribution in [1.29, 1.82) is 0 Å². The minimum Gasteiger partial charge on any atom is -0.423 e. The van der Waals surface area contributed by atoms with E-state index in [1.54, 1.807) is 13.8 Å². The molecular weight excluding hydrogens is 316 g/mol. The van der Waals surface area contributed by atoms with Crippen molar-refractivity contribution in [3.8, 4) is 0 Å². The van der Waals surface area contributed by atoms with E-state index < -0.39 is 36.1 Å². The Kier molecular flexibility index (Phi) is 4.55. The molecule has 0 saturated carbocycles. The number of hydrogen-bond donors (Lipinski definition) is 0. The SMILES string of the molecule is CC(C)C[C@H]1C(=O)OC(C(F)(F)F)(C(F)(F)F)N1CCl. The van der Waals surface area contributed by atoms with Gasteiger partial charge in [0.05, 0.1) is 6.00 Å². The largest absolute Gasteiger partial charge is 0.453 e. The summed E-state index contributed by atoms with van der Waals surface area (Å²) in [7, 11) is 0. The predicted octanol–water partition coefficient (Wildman–Crippen LogP) is 3.28. The molecule has 0 amide bonds. The number of cyclic esters (lactones) is 1. The molecule has 20 heavy (non-hydrogen) atoms. The Labute approximate surface area is 115 Å². The van der Waals surface area contributed by atoms with Crippen LogP contribution >= 0.6 is 11.6 Å². The van der Waals surface area contributed by atoms with Gasteiger partial charge in [-0.25, -0.2) is 4.90 Å². The number of carbonyl (C=O) groups excluding carboxylic acids is 1. The van der Waals surface area contributed by atoms with Crippen LogP contribution in [0.1, 0.15) is 20.3 Å². The van der Waals surface area contributed by atoms with Gasteiger partial charge in [0.25, 0.3) is 0 Å². The topological polar surface area (TPSA) is 29.5 Å². The Bertz CT molecular complexity index is 367. The zero-order valence-corrected chi connectivity index (χ0v) is 11.2. The summed E-state index contributed by atoms with van der Waals surface area (Å²) in [4.78, 5) is 11.3. The molecule has 10 heteroatoms. The minimum absolute atomic E-state index is 0.184. The van der Waals surface area contributed by atoms with Crippen LogP contribution in [-0.2, 0) is 9.53 Å². The van der Waals surface area contributed by atoms with Crippen LogP contribution in [0.2, 0.25) is 0 Å². The number of ether oxygens (including phenoxy) is 1. The molecule has 0 bridgehead atoms. The first-order valence-corrected chi connectivity index (χ1v) is 6.11. The van der Waals surface area contributed by atoms with E-state index in [1.165, 1.54) is 0 Å². The first-order chi connectivity index (χ1) is 8.88. The number of carbonyl (C=O) groups is 1. The third-order valence-corrected chi connectivity index (χ3v) is 3.15. The van der Waals surface area contributed by atoms with Crippen molar-refractivity contribution in [3.63, 3.8) is 0 Å². The van der Waals surface area contributed by atoms with E-state index in [-0.39, 0.29) is 17.2 Å². The van der Waals surface area contributed by atoms with E-state index in [4.69, 9.17) is 11.6 Å². The lowest BCUT2D eigenvalue weighted by molar-refractivity contribution is -0.400. The third-order valence-electron chi connectivity index (χ3n) is 2.89. The maximum Gasteiger partial charge on any atom is 0.453 e. The molecule has 3 nitrogen and oxygen atoms in total. The third kappa shape index (κ3) is 2.57. The molecule has 1 fully saturated rings. The first kappa shape index (κ1) is 17.4. The average molecular weight is 328 g/mol. The van der Waals surface area contributed by atoms with Gasteiger partial charge in [-0.15, -0.1) is 11.6 Å². The van der Waals surface area contributed by atoms with Crippen molar-refractivity contribution < 1.29 is 35.9 Å². The van der Waals surface area contributed by atoms with Gasteiger partial charge in [-0.3, -0.25) is 4.79 Å². The summed E-state index contributed by atoms with van der Waals surface area (Å²) in [5, 5.41) is 0. The van der Waals surface area contributed by atoms with E-state index in [0.717, 1.165) is 0 Å². The molecule has 1 rings (SSSR count). The monoisotopic (exact) mass is 327 g/mol. The Morgan fingerprint density at radius 1 is 1.25 bits per heavy atom. The summed E-state index contributed by atoms with van der Waals surface area (Å²) in [6, 6.07) is -2.82. The molecule has 1 aliphatic rings. The van der Waals surface area contributed by atoms with Crippen LogP contribution in [0.15, 0.2) is 0 Å². The summed E-state index contributed by atoms with van der Waals surface area (Å²) in [6.45, 7) is 3.11. The molecule has 1 aliphatic heterocycles. The van der Waals surface area contributed by atoms with Gasteiger partial charge in [0.2, 0.25) is 0 Å². The van der Waals surface area contributed by atoms with Gasteiger partial charge in [0.1, 0.15) is 6.04 Å². The maximum atomic E-state index is 12.9. The summed E-state index contributed by atoms with van der Waals surface area (Å²) < 4.78 is 81.4. The Balaban J connectivity index is 3.36. The molecular formula is C10H12ClF6NO2. The van der Waals surface area contributed by atoms with Crippen molar-refractivity contribution in [2.45, 2.75) is 44.4 Å². The molecule has 0 spiro atoms. The summed E-state index contributed by atoms with van der Waals surface area (Å²) in [5.41, 5.74) is -4.68. The minimum atomic E-state index is -5.85. The number of hydrogen-bond acceptors (Lipinski definition) is 3. The smallest absolute Gasteiger partial charge is 0.423 e. The Morgan fingerprint density at radius 2 is 1.70 bits per heavy atom. The highest BCUT2D eigenvalue weighted by Gasteiger charge is 2.81. The molecule has 118 valence electrons. The highest BCUT2D eigenvalue weighted by Crippen LogP contribution is 2.52. The average Bonchev–Trinajstić information content (AvgIpc) is 2.50. The maximum absolute atomic E-state index is 12.9. The summed E-state index contributed by atoms with van der Waals surface area (Å²) in [5.74, 6) is -1.88. The molecule has 0 N–H and O–H groups in total. The van der Waals surface area contributed by atoms with Crippen LogP contribution in [0, 0.1) is 5.92 Å². The summed E-state index contributed by atoms with van der Waals surface area (Å²) >= 11 is 5.24. The van der Waals surface area contributed by atoms with Crippen molar-refractivity contribution in [1.82, 2.24) is 4.90 Å². The van der Waals surface area contributed by atoms with Crippen LogP contribution in [-0.4, -0.2) is 41.0 Å². The number of halogens is 7. The standard InChI is InChI=1S/C10H12ClF6NO2/c1-5(2)3-6-7(19)20-8(9(12,13)14,10(15,16)17)18(6)4-11/h5-6H,3-4H2,1-2H3/t6-/m0/s1. The van der Waals surface area contributed by atoms with Gasteiger partial charge in [-0.1, -0.05) is 13.8 Å². The second-order valence-electron chi connectivity index (χ2n) is 4.80. The van der Waals surface area contributed by atoms with E-state index in [9.17, 15) is 31.1 Å². The highest BCUT2D eigenvalue weighted by molar-refractivity contribution is 6.17. The van der Waals surface area contributed by atoms with Gasteiger partial charge >= 0.3 is 24.0 Å². The Hall–Kier alpha value is -0.700. The zero-order chi connectivity index (χ0) is 15.9. The van der Waals surface area contributed by atoms with Crippen LogP contribution in [0.25, 0.3) is 0 Å². The molecule has 0 aromatic heterocycles. The molecule has 0 radical (unpaired) electrons. The van der Waals surface area contributed by atoms with Gasteiger partial charge in [0.15, 0.2) is 0 Å². The van der Waals surface area contributed by atoms with Gasteiger partial charge in [0, 0.05) is 0 Å². The fourth-order valence-electron chi connectivity index (χ4n) is 2.06. The van der Waals surface area contributed by atoms with Crippen LogP contribution in [0.4, 0.5) is 26.3 Å². The first-order valence-electron chi connectivity index (χ1n) is 5.57. The summed E-state index contributed by atoms with van der Waals surface area (Å²) in [6.07, 6.45) is -11.9. The van der Waals surface area contributed by atoms with Gasteiger partial charge < -0.3 is 4.74 Å². The normalized spacial score (nSPS) is 24.3. The number of rotatable bonds is 3.